The molecule has 1 atom stereocenters. The highest BCUT2D eigenvalue weighted by Gasteiger charge is 2.20. The molecule has 8 nitrogen and oxygen atoms in total. The number of nitrogens with one attached hydrogen (secondary N) is 2. The van der Waals surface area contributed by atoms with Crippen molar-refractivity contribution in [3.8, 4) is 0 Å². The highest BCUT2D eigenvalue weighted by molar-refractivity contribution is 7.99. The number of halogens is 2. The summed E-state index contributed by atoms with van der Waals surface area (Å²) in [5.74, 6) is 0.172. The molecule has 0 unspecified atom stereocenters. The summed E-state index contributed by atoms with van der Waals surface area (Å²) in [7, 11) is 1.77. The molecule has 0 spiro atoms. The number of hydrogen-bond acceptors (Lipinski definition) is 7. The Morgan fingerprint density at radius 1 is 1.31 bits per heavy atom. The van der Waals surface area contributed by atoms with E-state index in [0.29, 0.717) is 26.7 Å². The number of amides is 2. The Hall–Kier alpha value is -2.14. The van der Waals surface area contributed by atoms with Gasteiger partial charge in [-0.3, -0.25) is 9.59 Å². The third-order valence-corrected chi connectivity index (χ3v) is 6.05. The second kappa shape index (κ2) is 9.57. The molecule has 0 saturated carbocycles. The van der Waals surface area contributed by atoms with Crippen molar-refractivity contribution >= 4 is 63.2 Å². The van der Waals surface area contributed by atoms with Crippen LogP contribution in [-0.2, 0) is 11.8 Å². The van der Waals surface area contributed by atoms with Crippen molar-refractivity contribution in [3.05, 3.63) is 51.2 Å². The highest BCUT2D eigenvalue weighted by Crippen LogP contribution is 2.23. The van der Waals surface area contributed by atoms with Crippen LogP contribution in [0.4, 0.5) is 5.13 Å². The van der Waals surface area contributed by atoms with E-state index in [1.54, 1.807) is 42.2 Å². The molecule has 0 saturated heterocycles. The molecule has 3 rings (SSSR count). The first kappa shape index (κ1) is 21.6. The second-order valence-corrected chi connectivity index (χ2v) is 8.57. The van der Waals surface area contributed by atoms with Gasteiger partial charge in [-0.1, -0.05) is 35.0 Å². The average Bonchev–Trinajstić information content (AvgIpc) is 3.29. The molecule has 2 heterocycles. The molecule has 0 aliphatic carbocycles. The molecule has 2 amide bonds. The van der Waals surface area contributed by atoms with E-state index in [9.17, 15) is 9.59 Å². The Kier molecular flexibility index (Phi) is 7.12. The number of thiazole rings is 1. The van der Waals surface area contributed by atoms with Gasteiger partial charge in [0.25, 0.3) is 5.91 Å². The van der Waals surface area contributed by atoms with Crippen molar-refractivity contribution in [3.63, 3.8) is 0 Å². The first-order chi connectivity index (χ1) is 13.8. The molecule has 1 aromatic carbocycles. The maximum Gasteiger partial charge on any atom is 0.253 e. The van der Waals surface area contributed by atoms with Crippen molar-refractivity contribution in [1.29, 1.82) is 0 Å². The minimum absolute atomic E-state index is 0.159. The molecule has 3 aromatic rings. The number of rotatable bonds is 7. The summed E-state index contributed by atoms with van der Waals surface area (Å²) in [6.07, 6.45) is 1.62. The zero-order valence-corrected chi connectivity index (χ0v) is 18.5. The van der Waals surface area contributed by atoms with Gasteiger partial charge in [0.1, 0.15) is 0 Å². The number of aromatic nitrogens is 4. The zero-order chi connectivity index (χ0) is 21.0. The van der Waals surface area contributed by atoms with Crippen LogP contribution >= 0.6 is 46.3 Å². The number of carbonyl (C=O) groups excluding carboxylic acids is 2. The lowest BCUT2D eigenvalue weighted by molar-refractivity contribution is -0.113. The fraction of sp³-hybridized carbons (Fsp3) is 0.235. The van der Waals surface area contributed by atoms with Gasteiger partial charge in [0, 0.05) is 23.6 Å². The van der Waals surface area contributed by atoms with E-state index in [-0.39, 0.29) is 22.6 Å². The largest absolute Gasteiger partial charge is 0.342 e. The number of benzene rings is 1. The van der Waals surface area contributed by atoms with Crippen molar-refractivity contribution in [2.45, 2.75) is 18.1 Å². The molecule has 0 fully saturated rings. The number of nitrogens with zero attached hydrogens (tertiary/aromatic N) is 4. The van der Waals surface area contributed by atoms with Crippen LogP contribution in [0.2, 0.25) is 10.0 Å². The smallest absolute Gasteiger partial charge is 0.253 e. The van der Waals surface area contributed by atoms with E-state index in [1.807, 2.05) is 0 Å². The highest BCUT2D eigenvalue weighted by atomic mass is 35.5. The minimum atomic E-state index is -0.426. The van der Waals surface area contributed by atoms with E-state index in [0.717, 1.165) is 0 Å². The van der Waals surface area contributed by atoms with Crippen LogP contribution in [0.15, 0.2) is 34.9 Å². The Bertz CT molecular complexity index is 1030. The Balaban J connectivity index is 1.60. The lowest BCUT2D eigenvalue weighted by atomic mass is 10.2. The predicted octanol–water partition coefficient (Wildman–Crippen LogP) is 3.80. The van der Waals surface area contributed by atoms with Crippen LogP contribution < -0.4 is 10.6 Å². The minimum Gasteiger partial charge on any atom is -0.342 e. The van der Waals surface area contributed by atoms with Crippen LogP contribution in [0.1, 0.15) is 29.1 Å². The van der Waals surface area contributed by atoms with E-state index in [1.165, 1.54) is 29.2 Å². The number of thioether (sulfide) groups is 1. The van der Waals surface area contributed by atoms with Crippen LogP contribution in [0.5, 0.6) is 0 Å². The summed E-state index contributed by atoms with van der Waals surface area (Å²) >= 11 is 14.5. The molecule has 0 bridgehead atoms. The monoisotopic (exact) mass is 470 g/mol. The van der Waals surface area contributed by atoms with Gasteiger partial charge in [0.2, 0.25) is 5.91 Å². The van der Waals surface area contributed by atoms with Gasteiger partial charge in [-0.05, 0) is 25.1 Å². The summed E-state index contributed by atoms with van der Waals surface area (Å²) in [6, 6.07) is 4.24. The Morgan fingerprint density at radius 2 is 2.10 bits per heavy atom. The van der Waals surface area contributed by atoms with Crippen LogP contribution in [0.3, 0.4) is 0 Å². The molecule has 0 aliphatic heterocycles. The standard InChI is InChI=1S/C17H16Cl2N6O2S2/c1-9(21-15(27)11-4-3-10(18)7-12(11)19)14-23-24-17(25(14)2)29-8-13(26)22-16-20-5-6-28-16/h3-7,9H,8H2,1-2H3,(H,21,27)(H,20,22,26)/t9-/m0/s1. The van der Waals surface area contributed by atoms with Gasteiger partial charge in [0.15, 0.2) is 16.1 Å². The topological polar surface area (TPSA) is 102 Å². The van der Waals surface area contributed by atoms with Crippen LogP contribution in [0, 0.1) is 0 Å². The fourth-order valence-corrected chi connectivity index (χ4v) is 4.17. The van der Waals surface area contributed by atoms with E-state index < -0.39 is 6.04 Å². The second-order valence-electron chi connectivity index (χ2n) is 5.89. The van der Waals surface area contributed by atoms with Gasteiger partial charge >= 0.3 is 0 Å². The first-order valence-corrected chi connectivity index (χ1v) is 10.9. The van der Waals surface area contributed by atoms with E-state index in [2.05, 4.69) is 25.8 Å². The summed E-state index contributed by atoms with van der Waals surface area (Å²) in [5, 5.41) is 17.4. The fourth-order valence-electron chi connectivity index (χ4n) is 2.41. The van der Waals surface area contributed by atoms with Crippen molar-refractivity contribution in [2.75, 3.05) is 11.1 Å². The summed E-state index contributed by atoms with van der Waals surface area (Å²) < 4.78 is 1.73. The zero-order valence-electron chi connectivity index (χ0n) is 15.3. The summed E-state index contributed by atoms with van der Waals surface area (Å²) in [4.78, 5) is 28.5. The molecule has 152 valence electrons. The summed E-state index contributed by atoms with van der Waals surface area (Å²) in [6.45, 7) is 1.79. The quantitative estimate of drug-likeness (QED) is 0.509. The van der Waals surface area contributed by atoms with Crippen molar-refractivity contribution in [1.82, 2.24) is 25.1 Å². The number of anilines is 1. The van der Waals surface area contributed by atoms with Crippen molar-refractivity contribution < 1.29 is 9.59 Å². The van der Waals surface area contributed by atoms with Gasteiger partial charge in [0.05, 0.1) is 22.4 Å². The molecule has 12 heteroatoms. The molecule has 0 radical (unpaired) electrons. The molecule has 0 aliphatic rings. The van der Waals surface area contributed by atoms with Gasteiger partial charge in [-0.2, -0.15) is 0 Å². The lowest BCUT2D eigenvalue weighted by Crippen LogP contribution is -2.28. The normalized spacial score (nSPS) is 11.9. The van der Waals surface area contributed by atoms with Crippen LogP contribution in [0.25, 0.3) is 0 Å². The van der Waals surface area contributed by atoms with Crippen molar-refractivity contribution in [2.24, 2.45) is 7.05 Å². The van der Waals surface area contributed by atoms with E-state index >= 15 is 0 Å². The SMILES string of the molecule is C[C@H](NC(=O)c1ccc(Cl)cc1Cl)c1nnc(SCC(=O)Nc2nccs2)n1C. The third kappa shape index (κ3) is 5.47. The lowest BCUT2D eigenvalue weighted by Gasteiger charge is -2.14. The third-order valence-electron chi connectivity index (χ3n) is 3.79. The molecular weight excluding hydrogens is 455 g/mol. The van der Waals surface area contributed by atoms with Gasteiger partial charge in [-0.15, -0.1) is 21.5 Å². The molecule has 2 N–H and O–H groups in total. The Morgan fingerprint density at radius 3 is 2.79 bits per heavy atom. The van der Waals surface area contributed by atoms with E-state index in [4.69, 9.17) is 23.2 Å². The molecular formula is C17H16Cl2N6O2S2. The first-order valence-electron chi connectivity index (χ1n) is 8.32. The summed E-state index contributed by atoms with van der Waals surface area (Å²) in [5.41, 5.74) is 0.318. The average molecular weight is 471 g/mol. The molecule has 29 heavy (non-hydrogen) atoms. The molecule has 2 aromatic heterocycles. The number of hydrogen-bond donors (Lipinski definition) is 2. The van der Waals surface area contributed by atoms with Crippen LogP contribution in [-0.4, -0.2) is 37.3 Å². The maximum absolute atomic E-state index is 12.5. The van der Waals surface area contributed by atoms with Gasteiger partial charge < -0.3 is 15.2 Å². The maximum atomic E-state index is 12.5. The number of carbonyl (C=O) groups is 2. The van der Waals surface area contributed by atoms with Gasteiger partial charge in [-0.25, -0.2) is 4.98 Å². The Labute approximate surface area is 185 Å². The predicted molar refractivity (Wildman–Crippen MR) is 115 cm³/mol.